The van der Waals surface area contributed by atoms with Gasteiger partial charge in [-0.25, -0.2) is 0 Å². The van der Waals surface area contributed by atoms with Crippen LogP contribution in [0, 0.1) is 5.92 Å². The number of carbonyl (C=O) groups is 1. The summed E-state index contributed by atoms with van der Waals surface area (Å²) in [6, 6.07) is -0.611. The van der Waals surface area contributed by atoms with E-state index in [9.17, 15) is 4.79 Å². The summed E-state index contributed by atoms with van der Waals surface area (Å²) in [7, 11) is 0. The fourth-order valence-electron chi connectivity index (χ4n) is 1.36. The van der Waals surface area contributed by atoms with Crippen molar-refractivity contribution in [2.24, 2.45) is 11.7 Å². The summed E-state index contributed by atoms with van der Waals surface area (Å²) < 4.78 is 5.05. The molecule has 0 amide bonds. The molecule has 0 bridgehead atoms. The van der Waals surface area contributed by atoms with Crippen molar-refractivity contribution in [1.29, 1.82) is 0 Å². The van der Waals surface area contributed by atoms with E-state index in [0.29, 0.717) is 12.5 Å². The van der Waals surface area contributed by atoms with E-state index in [1.54, 1.807) is 6.08 Å². The Hall–Kier alpha value is -0.830. The molecule has 0 aliphatic carbocycles. The fourth-order valence-corrected chi connectivity index (χ4v) is 1.36. The van der Waals surface area contributed by atoms with Gasteiger partial charge in [-0.3, -0.25) is 4.79 Å². The van der Waals surface area contributed by atoms with E-state index in [4.69, 9.17) is 10.5 Å². The van der Waals surface area contributed by atoms with Gasteiger partial charge in [-0.1, -0.05) is 52.2 Å². The van der Waals surface area contributed by atoms with Crippen LogP contribution in [0.2, 0.25) is 0 Å². The average molecular weight is 241 g/mol. The molecular weight excluding hydrogens is 214 g/mol. The molecule has 0 aromatic heterocycles. The molecule has 1 atom stereocenters. The van der Waals surface area contributed by atoms with Crippen molar-refractivity contribution in [1.82, 2.24) is 0 Å². The van der Waals surface area contributed by atoms with Gasteiger partial charge in [0, 0.05) is 0 Å². The van der Waals surface area contributed by atoms with E-state index >= 15 is 0 Å². The molecule has 0 saturated carbocycles. The zero-order chi connectivity index (χ0) is 13.1. The third-order valence-corrected chi connectivity index (χ3v) is 2.40. The van der Waals surface area contributed by atoms with E-state index in [-0.39, 0.29) is 5.97 Å². The zero-order valence-corrected chi connectivity index (χ0v) is 11.4. The highest BCUT2D eigenvalue weighted by Gasteiger charge is 2.11. The number of unbranched alkanes of at least 4 members (excludes halogenated alkanes) is 4. The highest BCUT2D eigenvalue weighted by Crippen LogP contribution is 2.03. The zero-order valence-electron chi connectivity index (χ0n) is 11.4. The molecule has 0 aliphatic rings. The van der Waals surface area contributed by atoms with Gasteiger partial charge in [0.1, 0.15) is 6.04 Å². The van der Waals surface area contributed by atoms with Crippen LogP contribution in [0.1, 0.15) is 52.9 Å². The Morgan fingerprint density at radius 2 is 2.00 bits per heavy atom. The summed E-state index contributed by atoms with van der Waals surface area (Å²) in [5.41, 5.74) is 5.68. The molecule has 2 N–H and O–H groups in total. The predicted molar refractivity (Wildman–Crippen MR) is 71.7 cm³/mol. The molecule has 100 valence electrons. The van der Waals surface area contributed by atoms with Gasteiger partial charge in [0.25, 0.3) is 0 Å². The number of ether oxygens (including phenoxy) is 1. The number of nitrogens with two attached hydrogens (primary N) is 1. The van der Waals surface area contributed by atoms with Gasteiger partial charge >= 0.3 is 5.97 Å². The minimum Gasteiger partial charge on any atom is -0.464 e. The van der Waals surface area contributed by atoms with Crippen molar-refractivity contribution in [2.75, 3.05) is 6.61 Å². The molecule has 1 unspecified atom stereocenters. The summed E-state index contributed by atoms with van der Waals surface area (Å²) in [5.74, 6) is 0.0210. The fraction of sp³-hybridized carbons (Fsp3) is 0.786. The summed E-state index contributed by atoms with van der Waals surface area (Å²) >= 11 is 0. The van der Waals surface area contributed by atoms with Gasteiger partial charge in [0.05, 0.1) is 6.61 Å². The van der Waals surface area contributed by atoms with Crippen LogP contribution in [0.5, 0.6) is 0 Å². The normalized spacial score (nSPS) is 13.2. The predicted octanol–water partition coefficient (Wildman–Crippen LogP) is 3.04. The van der Waals surface area contributed by atoms with Gasteiger partial charge in [-0.2, -0.15) is 0 Å². The van der Waals surface area contributed by atoms with E-state index in [1.807, 2.05) is 19.9 Å². The molecule has 17 heavy (non-hydrogen) atoms. The Morgan fingerprint density at radius 3 is 2.59 bits per heavy atom. The quantitative estimate of drug-likeness (QED) is 0.383. The lowest BCUT2D eigenvalue weighted by atomic mass is 10.1. The molecule has 0 spiro atoms. The van der Waals surface area contributed by atoms with Crippen molar-refractivity contribution in [3.63, 3.8) is 0 Å². The average Bonchev–Trinajstić information content (AvgIpc) is 2.30. The Morgan fingerprint density at radius 1 is 1.29 bits per heavy atom. The van der Waals surface area contributed by atoms with Gasteiger partial charge < -0.3 is 10.5 Å². The first kappa shape index (κ1) is 16.2. The standard InChI is InChI=1S/C14H27NO2/c1-4-5-6-7-8-9-10-13(15)14(16)17-11-12(2)3/h9-10,12-13H,4-8,11,15H2,1-3H3/b10-9+. The molecule has 0 radical (unpaired) electrons. The molecule has 3 nitrogen and oxygen atoms in total. The van der Waals surface area contributed by atoms with Crippen molar-refractivity contribution in [2.45, 2.75) is 58.9 Å². The number of hydrogen-bond donors (Lipinski definition) is 1. The maximum atomic E-state index is 11.4. The van der Waals surface area contributed by atoms with Crippen molar-refractivity contribution < 1.29 is 9.53 Å². The van der Waals surface area contributed by atoms with Crippen LogP contribution in [0.3, 0.4) is 0 Å². The Kier molecular flexibility index (Phi) is 9.83. The second kappa shape index (κ2) is 10.3. The molecule has 0 heterocycles. The monoisotopic (exact) mass is 241 g/mol. The van der Waals surface area contributed by atoms with E-state index in [2.05, 4.69) is 6.92 Å². The SMILES string of the molecule is CCCCCC/C=C/C(N)C(=O)OCC(C)C. The van der Waals surface area contributed by atoms with Crippen LogP contribution < -0.4 is 5.73 Å². The Bertz CT molecular complexity index is 224. The minimum absolute atomic E-state index is 0.330. The Labute approximate surface area is 105 Å². The summed E-state index contributed by atoms with van der Waals surface area (Å²) in [4.78, 5) is 11.4. The first-order chi connectivity index (χ1) is 8.07. The molecule has 0 aromatic rings. The highest BCUT2D eigenvalue weighted by atomic mass is 16.5. The summed E-state index contributed by atoms with van der Waals surface area (Å²) in [5, 5.41) is 0. The minimum atomic E-state index is -0.611. The number of rotatable bonds is 9. The first-order valence-electron chi connectivity index (χ1n) is 6.66. The summed E-state index contributed by atoms with van der Waals surface area (Å²) in [6.07, 6.45) is 9.64. The smallest absolute Gasteiger partial charge is 0.326 e. The van der Waals surface area contributed by atoms with Crippen molar-refractivity contribution in [3.05, 3.63) is 12.2 Å². The third-order valence-electron chi connectivity index (χ3n) is 2.40. The molecule has 0 saturated heterocycles. The number of esters is 1. The van der Waals surface area contributed by atoms with E-state index in [1.165, 1.54) is 19.3 Å². The maximum Gasteiger partial charge on any atom is 0.326 e. The molecule has 0 aliphatic heterocycles. The van der Waals surface area contributed by atoms with Crippen LogP contribution in [0.25, 0.3) is 0 Å². The largest absolute Gasteiger partial charge is 0.464 e. The topological polar surface area (TPSA) is 52.3 Å². The van der Waals surface area contributed by atoms with Crippen molar-refractivity contribution >= 4 is 5.97 Å². The van der Waals surface area contributed by atoms with Gasteiger partial charge in [-0.05, 0) is 18.8 Å². The molecular formula is C14H27NO2. The van der Waals surface area contributed by atoms with Crippen molar-refractivity contribution in [3.8, 4) is 0 Å². The van der Waals surface area contributed by atoms with Gasteiger partial charge in [-0.15, -0.1) is 0 Å². The van der Waals surface area contributed by atoms with Gasteiger partial charge in [0.15, 0.2) is 0 Å². The summed E-state index contributed by atoms with van der Waals surface area (Å²) in [6.45, 7) is 6.64. The van der Waals surface area contributed by atoms with Crippen LogP contribution in [-0.2, 0) is 9.53 Å². The third kappa shape index (κ3) is 10.1. The molecule has 0 aromatic carbocycles. The highest BCUT2D eigenvalue weighted by molar-refractivity contribution is 5.77. The molecule has 0 fully saturated rings. The number of allylic oxidation sites excluding steroid dienone is 1. The van der Waals surface area contributed by atoms with Crippen LogP contribution in [-0.4, -0.2) is 18.6 Å². The number of carbonyl (C=O) groups excluding carboxylic acids is 1. The van der Waals surface area contributed by atoms with E-state index in [0.717, 1.165) is 12.8 Å². The molecule has 3 heteroatoms. The van der Waals surface area contributed by atoms with Crippen LogP contribution in [0.15, 0.2) is 12.2 Å². The molecule has 0 rings (SSSR count). The lowest BCUT2D eigenvalue weighted by Crippen LogP contribution is -2.31. The lowest BCUT2D eigenvalue weighted by Gasteiger charge is -2.09. The Balaban J connectivity index is 3.64. The second-order valence-corrected chi connectivity index (χ2v) is 4.83. The van der Waals surface area contributed by atoms with Gasteiger partial charge in [0.2, 0.25) is 0 Å². The lowest BCUT2D eigenvalue weighted by molar-refractivity contribution is -0.145. The maximum absolute atomic E-state index is 11.4. The second-order valence-electron chi connectivity index (χ2n) is 4.83. The van der Waals surface area contributed by atoms with Crippen LogP contribution in [0.4, 0.5) is 0 Å². The number of hydrogen-bond acceptors (Lipinski definition) is 3. The van der Waals surface area contributed by atoms with Crippen LogP contribution >= 0.6 is 0 Å². The van der Waals surface area contributed by atoms with E-state index < -0.39 is 6.04 Å². The first-order valence-corrected chi connectivity index (χ1v) is 6.66.